The molecule has 7 heteroatoms. The van der Waals surface area contributed by atoms with E-state index in [-0.39, 0.29) is 6.03 Å². The van der Waals surface area contributed by atoms with E-state index in [1.807, 2.05) is 12.1 Å². The van der Waals surface area contributed by atoms with Crippen LogP contribution < -0.4 is 15.5 Å². The predicted molar refractivity (Wildman–Crippen MR) is 90.2 cm³/mol. The molecule has 0 fully saturated rings. The summed E-state index contributed by atoms with van der Waals surface area (Å²) in [5.74, 6) is 0.511. The van der Waals surface area contributed by atoms with Crippen molar-refractivity contribution in [2.75, 3.05) is 42.8 Å². The molecule has 0 atom stereocenters. The molecule has 23 heavy (non-hydrogen) atoms. The highest BCUT2D eigenvalue weighted by molar-refractivity contribution is 5.99. The molecule has 0 aliphatic carbocycles. The van der Waals surface area contributed by atoms with Gasteiger partial charge in [0, 0.05) is 44.3 Å². The van der Waals surface area contributed by atoms with Gasteiger partial charge in [-0.1, -0.05) is 6.07 Å². The SMILES string of the molecule is COCCn1ccc(NC(=O)Nc2ccc3c(c2)N(C)CC3)n1. The molecule has 1 aromatic carbocycles. The summed E-state index contributed by atoms with van der Waals surface area (Å²) in [6.07, 6.45) is 2.86. The largest absolute Gasteiger partial charge is 0.383 e. The van der Waals surface area contributed by atoms with Crippen LogP contribution >= 0.6 is 0 Å². The van der Waals surface area contributed by atoms with Crippen molar-refractivity contribution in [3.63, 3.8) is 0 Å². The van der Waals surface area contributed by atoms with Gasteiger partial charge in [0.15, 0.2) is 5.82 Å². The highest BCUT2D eigenvalue weighted by Gasteiger charge is 2.16. The molecule has 0 unspecified atom stereocenters. The minimum Gasteiger partial charge on any atom is -0.383 e. The number of carbonyl (C=O) groups excluding carboxylic acids is 1. The first kappa shape index (κ1) is 15.4. The molecule has 2 aromatic rings. The standard InChI is InChI=1S/C16H21N5O2/c1-20-7-5-12-3-4-13(11-14(12)20)17-16(22)18-15-6-8-21(19-15)9-10-23-2/h3-4,6,8,11H,5,7,9-10H2,1-2H3,(H2,17,18,19,22). The van der Waals surface area contributed by atoms with Gasteiger partial charge in [-0.05, 0) is 24.1 Å². The Labute approximate surface area is 135 Å². The summed E-state index contributed by atoms with van der Waals surface area (Å²) < 4.78 is 6.72. The number of benzene rings is 1. The molecule has 3 rings (SSSR count). The van der Waals surface area contributed by atoms with Gasteiger partial charge in [-0.25, -0.2) is 4.79 Å². The lowest BCUT2D eigenvalue weighted by Crippen LogP contribution is -2.20. The molecule has 0 saturated heterocycles. The lowest BCUT2D eigenvalue weighted by Gasteiger charge is -2.13. The number of nitrogens with zero attached hydrogens (tertiary/aromatic N) is 3. The Bertz CT molecular complexity index is 698. The van der Waals surface area contributed by atoms with Crippen LogP contribution in [0.5, 0.6) is 0 Å². The van der Waals surface area contributed by atoms with Crippen molar-refractivity contribution in [3.05, 3.63) is 36.0 Å². The number of carbonyl (C=O) groups is 1. The topological polar surface area (TPSA) is 71.4 Å². The summed E-state index contributed by atoms with van der Waals surface area (Å²) in [5, 5.41) is 9.83. The fraction of sp³-hybridized carbons (Fsp3) is 0.375. The fourth-order valence-electron chi connectivity index (χ4n) is 2.63. The zero-order valence-electron chi connectivity index (χ0n) is 13.4. The number of methoxy groups -OCH3 is 1. The number of fused-ring (bicyclic) bond motifs is 1. The zero-order chi connectivity index (χ0) is 16.2. The molecule has 1 aromatic heterocycles. The van der Waals surface area contributed by atoms with Gasteiger partial charge in [0.1, 0.15) is 0 Å². The third-order valence-corrected chi connectivity index (χ3v) is 3.88. The molecule has 1 aliphatic rings. The maximum atomic E-state index is 12.1. The van der Waals surface area contributed by atoms with Crippen LogP contribution in [-0.4, -0.2) is 43.1 Å². The molecule has 0 radical (unpaired) electrons. The van der Waals surface area contributed by atoms with Crippen LogP contribution in [0.15, 0.2) is 30.5 Å². The second kappa shape index (κ2) is 6.70. The van der Waals surface area contributed by atoms with Gasteiger partial charge >= 0.3 is 6.03 Å². The number of aromatic nitrogens is 2. The monoisotopic (exact) mass is 315 g/mol. The smallest absolute Gasteiger partial charge is 0.324 e. The lowest BCUT2D eigenvalue weighted by molar-refractivity contribution is 0.183. The molecule has 1 aliphatic heterocycles. The fourth-order valence-corrected chi connectivity index (χ4v) is 2.63. The van der Waals surface area contributed by atoms with Gasteiger partial charge in [0.05, 0.1) is 13.2 Å². The Morgan fingerprint density at radius 1 is 1.35 bits per heavy atom. The molecule has 7 nitrogen and oxygen atoms in total. The molecule has 0 spiro atoms. The first-order valence-corrected chi connectivity index (χ1v) is 7.60. The van der Waals surface area contributed by atoms with E-state index in [1.165, 1.54) is 11.3 Å². The Kier molecular flexibility index (Phi) is 4.47. The van der Waals surface area contributed by atoms with Crippen molar-refractivity contribution in [3.8, 4) is 0 Å². The summed E-state index contributed by atoms with van der Waals surface area (Å²) in [4.78, 5) is 14.3. The van der Waals surface area contributed by atoms with Gasteiger partial charge in [-0.15, -0.1) is 0 Å². The average molecular weight is 315 g/mol. The number of amides is 2. The van der Waals surface area contributed by atoms with Crippen LogP contribution in [0.1, 0.15) is 5.56 Å². The number of ether oxygens (including phenoxy) is 1. The molecule has 122 valence electrons. The van der Waals surface area contributed by atoms with Crippen LogP contribution in [0.3, 0.4) is 0 Å². The number of likely N-dealkylation sites (N-methyl/N-ethyl adjacent to an activating group) is 1. The lowest BCUT2D eigenvalue weighted by atomic mass is 10.1. The van der Waals surface area contributed by atoms with Crippen LogP contribution in [0.4, 0.5) is 22.0 Å². The Morgan fingerprint density at radius 3 is 3.04 bits per heavy atom. The van der Waals surface area contributed by atoms with Crippen molar-refractivity contribution in [1.29, 1.82) is 0 Å². The number of urea groups is 1. The highest BCUT2D eigenvalue weighted by atomic mass is 16.5. The van der Waals surface area contributed by atoms with Gasteiger partial charge in [0.25, 0.3) is 0 Å². The van der Waals surface area contributed by atoms with Crippen molar-refractivity contribution in [1.82, 2.24) is 9.78 Å². The second-order valence-corrected chi connectivity index (χ2v) is 5.55. The maximum absolute atomic E-state index is 12.1. The van der Waals surface area contributed by atoms with Crippen LogP contribution in [0.2, 0.25) is 0 Å². The van der Waals surface area contributed by atoms with E-state index in [1.54, 1.807) is 24.1 Å². The zero-order valence-corrected chi connectivity index (χ0v) is 13.4. The second-order valence-electron chi connectivity index (χ2n) is 5.55. The summed E-state index contributed by atoms with van der Waals surface area (Å²) >= 11 is 0. The molecule has 2 amide bonds. The van der Waals surface area contributed by atoms with E-state index in [4.69, 9.17) is 4.74 Å². The third kappa shape index (κ3) is 3.62. The molecule has 2 N–H and O–H groups in total. The highest BCUT2D eigenvalue weighted by Crippen LogP contribution is 2.29. The number of rotatable bonds is 5. The first-order valence-electron chi connectivity index (χ1n) is 7.60. The van der Waals surface area contributed by atoms with E-state index in [0.717, 1.165) is 18.7 Å². The van der Waals surface area contributed by atoms with E-state index in [0.29, 0.717) is 19.0 Å². The van der Waals surface area contributed by atoms with E-state index >= 15 is 0 Å². The average Bonchev–Trinajstić information content (AvgIpc) is 3.12. The minimum absolute atomic E-state index is 0.303. The summed E-state index contributed by atoms with van der Waals surface area (Å²) in [6.45, 7) is 2.25. The number of hydrogen-bond acceptors (Lipinski definition) is 4. The normalized spacial score (nSPS) is 13.0. The van der Waals surface area contributed by atoms with Gasteiger partial charge in [-0.3, -0.25) is 10.00 Å². The maximum Gasteiger partial charge on any atom is 0.324 e. The summed E-state index contributed by atoms with van der Waals surface area (Å²) in [7, 11) is 3.70. The molecule has 2 heterocycles. The Morgan fingerprint density at radius 2 is 2.22 bits per heavy atom. The van der Waals surface area contributed by atoms with E-state index in [2.05, 4.69) is 33.7 Å². The first-order chi connectivity index (χ1) is 11.2. The van der Waals surface area contributed by atoms with Gasteiger partial charge in [0.2, 0.25) is 0 Å². The van der Waals surface area contributed by atoms with Crippen molar-refractivity contribution in [2.24, 2.45) is 0 Å². The third-order valence-electron chi connectivity index (χ3n) is 3.88. The van der Waals surface area contributed by atoms with Crippen molar-refractivity contribution >= 4 is 23.2 Å². The Balaban J connectivity index is 1.59. The van der Waals surface area contributed by atoms with Crippen LogP contribution in [0, 0.1) is 0 Å². The Hall–Kier alpha value is -2.54. The van der Waals surface area contributed by atoms with E-state index < -0.39 is 0 Å². The van der Waals surface area contributed by atoms with Crippen LogP contribution in [-0.2, 0) is 17.7 Å². The number of nitrogens with one attached hydrogen (secondary N) is 2. The van der Waals surface area contributed by atoms with Crippen LogP contribution in [0.25, 0.3) is 0 Å². The number of hydrogen-bond donors (Lipinski definition) is 2. The van der Waals surface area contributed by atoms with E-state index in [9.17, 15) is 4.79 Å². The predicted octanol–water partition coefficient (Wildman–Crippen LogP) is 2.17. The number of anilines is 3. The quantitative estimate of drug-likeness (QED) is 0.887. The molecular weight excluding hydrogens is 294 g/mol. The van der Waals surface area contributed by atoms with Gasteiger partial charge < -0.3 is 15.0 Å². The summed E-state index contributed by atoms with van der Waals surface area (Å²) in [6, 6.07) is 7.44. The summed E-state index contributed by atoms with van der Waals surface area (Å²) in [5.41, 5.74) is 3.26. The minimum atomic E-state index is -0.303. The van der Waals surface area contributed by atoms with Crippen molar-refractivity contribution in [2.45, 2.75) is 13.0 Å². The molecular formula is C16H21N5O2. The van der Waals surface area contributed by atoms with Gasteiger partial charge in [-0.2, -0.15) is 5.10 Å². The molecule has 0 bridgehead atoms. The molecule has 0 saturated carbocycles. The van der Waals surface area contributed by atoms with Crippen molar-refractivity contribution < 1.29 is 9.53 Å².